The molecule has 0 spiro atoms. The van der Waals surface area contributed by atoms with E-state index < -0.39 is 10.0 Å². The molecular formula is C13H23N3O2S2. The lowest BCUT2D eigenvalue weighted by Crippen LogP contribution is -2.34. The van der Waals surface area contributed by atoms with E-state index in [0.29, 0.717) is 24.5 Å². The van der Waals surface area contributed by atoms with Gasteiger partial charge in [-0.3, -0.25) is 0 Å². The third-order valence-electron chi connectivity index (χ3n) is 3.57. The average Bonchev–Trinajstić information content (AvgIpc) is 2.61. The maximum absolute atomic E-state index is 12.8. The van der Waals surface area contributed by atoms with Gasteiger partial charge in [0.2, 0.25) is 10.0 Å². The summed E-state index contributed by atoms with van der Waals surface area (Å²) in [6.45, 7) is 5.55. The van der Waals surface area contributed by atoms with Crippen LogP contribution in [0, 0.1) is 6.92 Å². The van der Waals surface area contributed by atoms with E-state index in [0.717, 1.165) is 29.3 Å². The molecule has 0 unspecified atom stereocenters. The standard InChI is InChI=1S/C13H23N3O2S2/c1-11-13(9-12(19-11)10-14-2)20(17,18)16-6-4-5-15(3)7-8-16/h9,14H,4-8,10H2,1-3H3. The zero-order valence-corrected chi connectivity index (χ0v) is 14.0. The fraction of sp³-hybridized carbons (Fsp3) is 0.692. The Labute approximate surface area is 125 Å². The summed E-state index contributed by atoms with van der Waals surface area (Å²) in [6.07, 6.45) is 0.891. The molecule has 0 aliphatic carbocycles. The van der Waals surface area contributed by atoms with E-state index >= 15 is 0 Å². The summed E-state index contributed by atoms with van der Waals surface area (Å²) >= 11 is 1.56. The highest BCUT2D eigenvalue weighted by atomic mass is 32.2. The van der Waals surface area contributed by atoms with Gasteiger partial charge in [0.25, 0.3) is 0 Å². The Bertz CT molecular complexity index is 554. The van der Waals surface area contributed by atoms with Crippen molar-refractivity contribution < 1.29 is 8.42 Å². The molecule has 1 aromatic heterocycles. The van der Waals surface area contributed by atoms with E-state index in [9.17, 15) is 8.42 Å². The van der Waals surface area contributed by atoms with Gasteiger partial charge >= 0.3 is 0 Å². The SMILES string of the molecule is CNCc1cc(S(=O)(=O)N2CCCN(C)CC2)c(C)s1. The Morgan fingerprint density at radius 2 is 2.05 bits per heavy atom. The summed E-state index contributed by atoms with van der Waals surface area (Å²) in [5, 5.41) is 3.07. The number of likely N-dealkylation sites (N-methyl/N-ethyl adjacent to an activating group) is 1. The second kappa shape index (κ2) is 6.53. The molecular weight excluding hydrogens is 294 g/mol. The Balaban J connectivity index is 2.25. The van der Waals surface area contributed by atoms with Crippen molar-refractivity contribution >= 4 is 21.4 Å². The highest BCUT2D eigenvalue weighted by Crippen LogP contribution is 2.28. The van der Waals surface area contributed by atoms with Crippen LogP contribution in [0.15, 0.2) is 11.0 Å². The van der Waals surface area contributed by atoms with Crippen molar-refractivity contribution in [1.82, 2.24) is 14.5 Å². The molecule has 5 nitrogen and oxygen atoms in total. The molecule has 0 atom stereocenters. The zero-order valence-electron chi connectivity index (χ0n) is 12.3. The molecule has 7 heteroatoms. The Hall–Kier alpha value is -0.470. The summed E-state index contributed by atoms with van der Waals surface area (Å²) in [7, 11) is 0.560. The molecule has 2 heterocycles. The summed E-state index contributed by atoms with van der Waals surface area (Å²) < 4.78 is 27.2. The predicted molar refractivity (Wildman–Crippen MR) is 82.7 cm³/mol. The lowest BCUT2D eigenvalue weighted by atomic mass is 10.4. The third kappa shape index (κ3) is 3.40. The van der Waals surface area contributed by atoms with Gasteiger partial charge in [-0.15, -0.1) is 11.3 Å². The Morgan fingerprint density at radius 3 is 2.75 bits per heavy atom. The van der Waals surface area contributed by atoms with E-state index in [4.69, 9.17) is 0 Å². The Kier molecular flexibility index (Phi) is 5.19. The van der Waals surface area contributed by atoms with Crippen LogP contribution in [0.3, 0.4) is 0 Å². The van der Waals surface area contributed by atoms with Gasteiger partial charge in [-0.2, -0.15) is 4.31 Å². The fourth-order valence-corrected chi connectivity index (χ4v) is 5.53. The lowest BCUT2D eigenvalue weighted by Gasteiger charge is -2.20. The minimum atomic E-state index is -3.35. The predicted octanol–water partition coefficient (Wildman–Crippen LogP) is 1.10. The summed E-state index contributed by atoms with van der Waals surface area (Å²) in [5.74, 6) is 0. The van der Waals surface area contributed by atoms with Gasteiger partial charge in [-0.25, -0.2) is 8.42 Å². The van der Waals surface area contributed by atoms with Gasteiger partial charge in [0.05, 0.1) is 4.90 Å². The maximum Gasteiger partial charge on any atom is 0.244 e. The van der Waals surface area contributed by atoms with E-state index in [1.807, 2.05) is 27.1 Å². The summed E-state index contributed by atoms with van der Waals surface area (Å²) in [5.41, 5.74) is 0. The first-order valence-corrected chi connectivity index (χ1v) is 9.13. The van der Waals surface area contributed by atoms with Crippen molar-refractivity contribution in [2.75, 3.05) is 40.3 Å². The molecule has 1 aromatic rings. The number of hydrogen-bond acceptors (Lipinski definition) is 5. The highest BCUT2D eigenvalue weighted by molar-refractivity contribution is 7.89. The van der Waals surface area contributed by atoms with Gasteiger partial charge in [-0.1, -0.05) is 0 Å². The van der Waals surface area contributed by atoms with Crippen molar-refractivity contribution in [1.29, 1.82) is 0 Å². The first kappa shape index (κ1) is 15.9. The van der Waals surface area contributed by atoms with Crippen LogP contribution in [0.1, 0.15) is 16.2 Å². The first-order chi connectivity index (χ1) is 9.45. The molecule has 20 heavy (non-hydrogen) atoms. The fourth-order valence-electron chi connectivity index (χ4n) is 2.44. The molecule has 1 N–H and O–H groups in total. The molecule has 0 amide bonds. The number of sulfonamides is 1. The normalized spacial score (nSPS) is 19.1. The van der Waals surface area contributed by atoms with Crippen molar-refractivity contribution in [3.05, 3.63) is 15.8 Å². The van der Waals surface area contributed by atoms with Crippen molar-refractivity contribution in [2.45, 2.75) is 24.8 Å². The minimum Gasteiger partial charge on any atom is -0.315 e. The van der Waals surface area contributed by atoms with Crippen LogP contribution >= 0.6 is 11.3 Å². The number of thiophene rings is 1. The summed E-state index contributed by atoms with van der Waals surface area (Å²) in [4.78, 5) is 4.61. The van der Waals surface area contributed by atoms with Gasteiger partial charge in [0, 0.05) is 35.9 Å². The number of nitrogens with zero attached hydrogens (tertiary/aromatic N) is 2. The molecule has 0 aromatic carbocycles. The minimum absolute atomic E-state index is 0.484. The number of rotatable bonds is 4. The molecule has 1 aliphatic heterocycles. The van der Waals surface area contributed by atoms with Gasteiger partial charge in [0.15, 0.2) is 0 Å². The van der Waals surface area contributed by atoms with Crippen LogP contribution in [-0.4, -0.2) is 57.9 Å². The second-order valence-electron chi connectivity index (χ2n) is 5.22. The highest BCUT2D eigenvalue weighted by Gasteiger charge is 2.28. The van der Waals surface area contributed by atoms with Crippen LogP contribution < -0.4 is 5.32 Å². The molecule has 0 saturated carbocycles. The van der Waals surface area contributed by atoms with Crippen LogP contribution in [0.2, 0.25) is 0 Å². The van der Waals surface area contributed by atoms with Crippen molar-refractivity contribution in [3.63, 3.8) is 0 Å². The molecule has 114 valence electrons. The van der Waals surface area contributed by atoms with Crippen molar-refractivity contribution in [3.8, 4) is 0 Å². The van der Waals surface area contributed by atoms with Gasteiger partial charge in [0.1, 0.15) is 0 Å². The monoisotopic (exact) mass is 317 g/mol. The number of hydrogen-bond donors (Lipinski definition) is 1. The average molecular weight is 317 g/mol. The number of nitrogens with one attached hydrogen (secondary N) is 1. The topological polar surface area (TPSA) is 52.7 Å². The van der Waals surface area contributed by atoms with Crippen LogP contribution in [0.25, 0.3) is 0 Å². The van der Waals surface area contributed by atoms with Crippen LogP contribution in [0.4, 0.5) is 0 Å². The van der Waals surface area contributed by atoms with E-state index in [1.165, 1.54) is 0 Å². The van der Waals surface area contributed by atoms with Crippen LogP contribution in [-0.2, 0) is 16.6 Å². The lowest BCUT2D eigenvalue weighted by molar-refractivity contribution is 0.347. The third-order valence-corrected chi connectivity index (χ3v) is 6.78. The van der Waals surface area contributed by atoms with E-state index in [2.05, 4.69) is 10.2 Å². The zero-order chi connectivity index (χ0) is 14.8. The molecule has 1 saturated heterocycles. The Morgan fingerprint density at radius 1 is 1.30 bits per heavy atom. The maximum atomic E-state index is 12.8. The van der Waals surface area contributed by atoms with Gasteiger partial charge in [-0.05, 0) is 40.1 Å². The summed E-state index contributed by atoms with van der Waals surface area (Å²) in [6, 6.07) is 1.82. The van der Waals surface area contributed by atoms with Crippen LogP contribution in [0.5, 0.6) is 0 Å². The largest absolute Gasteiger partial charge is 0.315 e. The number of aryl methyl sites for hydroxylation is 1. The molecule has 1 aliphatic rings. The van der Waals surface area contributed by atoms with E-state index in [1.54, 1.807) is 15.6 Å². The second-order valence-corrected chi connectivity index (χ2v) is 8.47. The smallest absolute Gasteiger partial charge is 0.244 e. The molecule has 1 fully saturated rings. The van der Waals surface area contributed by atoms with Gasteiger partial charge < -0.3 is 10.2 Å². The molecule has 0 bridgehead atoms. The molecule has 0 radical (unpaired) electrons. The van der Waals surface area contributed by atoms with E-state index in [-0.39, 0.29) is 0 Å². The molecule has 2 rings (SSSR count). The quantitative estimate of drug-likeness (QED) is 0.904. The van der Waals surface area contributed by atoms with Crippen molar-refractivity contribution in [2.24, 2.45) is 0 Å². The first-order valence-electron chi connectivity index (χ1n) is 6.87.